The first-order valence-electron chi connectivity index (χ1n) is 9.48. The smallest absolute Gasteiger partial charge is 0.266 e. The molecule has 154 valence electrons. The van der Waals surface area contributed by atoms with Crippen LogP contribution in [0.5, 0.6) is 0 Å². The second kappa shape index (κ2) is 8.74. The van der Waals surface area contributed by atoms with E-state index in [1.165, 1.54) is 17.8 Å². The Labute approximate surface area is 175 Å². The molecule has 4 aromatic rings. The molecule has 0 N–H and O–H groups in total. The summed E-state index contributed by atoms with van der Waals surface area (Å²) in [6.07, 6.45) is 2.67. The molecule has 0 saturated heterocycles. The van der Waals surface area contributed by atoms with E-state index >= 15 is 0 Å². The quantitative estimate of drug-likeness (QED) is 0.314. The second-order valence-electron chi connectivity index (χ2n) is 6.64. The Morgan fingerprint density at radius 2 is 1.97 bits per heavy atom. The Morgan fingerprint density at radius 1 is 1.13 bits per heavy atom. The van der Waals surface area contributed by atoms with Gasteiger partial charge in [0.25, 0.3) is 5.56 Å². The normalized spacial score (nSPS) is 11.3. The highest BCUT2D eigenvalue weighted by atomic mass is 32.2. The van der Waals surface area contributed by atoms with E-state index in [9.17, 15) is 13.6 Å². The number of aryl methyl sites for hydroxylation is 1. The molecule has 0 amide bonds. The van der Waals surface area contributed by atoms with Crippen LogP contribution in [-0.2, 0) is 12.2 Å². The van der Waals surface area contributed by atoms with Crippen molar-refractivity contribution in [3.8, 4) is 5.69 Å². The minimum Gasteiger partial charge on any atom is -0.339 e. The van der Waals surface area contributed by atoms with Crippen LogP contribution >= 0.6 is 11.8 Å². The Kier molecular flexibility index (Phi) is 5.89. The first kappa shape index (κ1) is 20.2. The van der Waals surface area contributed by atoms with E-state index in [-0.39, 0.29) is 16.6 Å². The first-order valence-corrected chi connectivity index (χ1v) is 10.5. The molecule has 2 aromatic carbocycles. The SMILES string of the molecule is CCCCc1nc(CSc2nc3ccccc3c(=O)n2-c2ccc(F)cc2F)no1. The van der Waals surface area contributed by atoms with Gasteiger partial charge in [0, 0.05) is 12.5 Å². The van der Waals surface area contributed by atoms with E-state index in [1.54, 1.807) is 24.3 Å². The number of unbranched alkanes of at least 4 members (excludes halogenated alkanes) is 1. The van der Waals surface area contributed by atoms with Gasteiger partial charge in [0.15, 0.2) is 11.0 Å². The third-order valence-electron chi connectivity index (χ3n) is 4.48. The van der Waals surface area contributed by atoms with Gasteiger partial charge in [-0.2, -0.15) is 4.98 Å². The third-order valence-corrected chi connectivity index (χ3v) is 5.41. The lowest BCUT2D eigenvalue weighted by atomic mass is 10.2. The van der Waals surface area contributed by atoms with E-state index < -0.39 is 17.2 Å². The Balaban J connectivity index is 1.74. The molecule has 30 heavy (non-hydrogen) atoms. The maximum atomic E-state index is 14.5. The van der Waals surface area contributed by atoms with E-state index in [4.69, 9.17) is 4.52 Å². The first-order chi connectivity index (χ1) is 14.6. The average Bonchev–Trinajstić information content (AvgIpc) is 3.19. The minimum absolute atomic E-state index is 0.0705. The molecule has 6 nitrogen and oxygen atoms in total. The summed E-state index contributed by atoms with van der Waals surface area (Å²) in [5.74, 6) is -0.278. The zero-order valence-corrected chi connectivity index (χ0v) is 17.0. The standard InChI is InChI=1S/C21H18F2N4O2S/c1-2-3-8-19-25-18(26-29-19)12-30-21-24-16-7-5-4-6-14(16)20(28)27(21)17-10-9-13(22)11-15(17)23/h4-7,9-11H,2-3,8,12H2,1H3. The summed E-state index contributed by atoms with van der Waals surface area (Å²) in [5.41, 5.74) is -0.0234. The van der Waals surface area contributed by atoms with Crippen LogP contribution in [0.4, 0.5) is 8.78 Å². The predicted octanol–water partition coefficient (Wildman–Crippen LogP) is 4.68. The van der Waals surface area contributed by atoms with Gasteiger partial charge in [0.1, 0.15) is 11.6 Å². The highest BCUT2D eigenvalue weighted by Crippen LogP contribution is 2.25. The molecule has 0 spiro atoms. The van der Waals surface area contributed by atoms with E-state index in [0.29, 0.717) is 29.0 Å². The Morgan fingerprint density at radius 3 is 2.77 bits per heavy atom. The summed E-state index contributed by atoms with van der Waals surface area (Å²) in [7, 11) is 0. The number of nitrogens with zero attached hydrogens (tertiary/aromatic N) is 4. The number of rotatable bonds is 7. The highest BCUT2D eigenvalue weighted by Gasteiger charge is 2.17. The molecule has 9 heteroatoms. The van der Waals surface area contributed by atoms with E-state index in [0.717, 1.165) is 29.5 Å². The summed E-state index contributed by atoms with van der Waals surface area (Å²) < 4.78 is 34.3. The minimum atomic E-state index is -0.850. The molecule has 0 atom stereocenters. The summed E-state index contributed by atoms with van der Waals surface area (Å²) in [5, 5.41) is 4.55. The zero-order chi connectivity index (χ0) is 21.1. The number of thioether (sulfide) groups is 1. The van der Waals surface area contributed by atoms with Gasteiger partial charge in [-0.3, -0.25) is 9.36 Å². The molecule has 0 aliphatic rings. The number of fused-ring (bicyclic) bond motifs is 1. The number of hydrogen-bond donors (Lipinski definition) is 0. The van der Waals surface area contributed by atoms with E-state index in [1.807, 2.05) is 0 Å². The maximum absolute atomic E-state index is 14.5. The number of benzene rings is 2. The molecule has 0 bridgehead atoms. The van der Waals surface area contributed by atoms with Gasteiger partial charge in [0.05, 0.1) is 22.3 Å². The summed E-state index contributed by atoms with van der Waals surface area (Å²) in [4.78, 5) is 22.0. The van der Waals surface area contributed by atoms with Gasteiger partial charge in [0.2, 0.25) is 5.89 Å². The van der Waals surface area contributed by atoms with Crippen LogP contribution in [-0.4, -0.2) is 19.7 Å². The van der Waals surface area contributed by atoms with Crippen molar-refractivity contribution in [1.82, 2.24) is 19.7 Å². The van der Waals surface area contributed by atoms with Gasteiger partial charge in [-0.25, -0.2) is 13.8 Å². The highest BCUT2D eigenvalue weighted by molar-refractivity contribution is 7.98. The Hall–Kier alpha value is -3.07. The van der Waals surface area contributed by atoms with Crippen LogP contribution < -0.4 is 5.56 Å². The van der Waals surface area contributed by atoms with Gasteiger partial charge >= 0.3 is 0 Å². The van der Waals surface area contributed by atoms with Crippen LogP contribution in [0, 0.1) is 11.6 Å². The van der Waals surface area contributed by atoms with Crippen molar-refractivity contribution in [2.45, 2.75) is 37.1 Å². The monoisotopic (exact) mass is 428 g/mol. The molecule has 0 fully saturated rings. The van der Waals surface area contributed by atoms with Crippen molar-refractivity contribution in [3.63, 3.8) is 0 Å². The fourth-order valence-electron chi connectivity index (χ4n) is 2.99. The Bertz CT molecular complexity index is 1260. The fraction of sp³-hybridized carbons (Fsp3) is 0.238. The third kappa shape index (κ3) is 4.11. The lowest BCUT2D eigenvalue weighted by Gasteiger charge is -2.13. The van der Waals surface area contributed by atoms with Crippen molar-refractivity contribution in [3.05, 3.63) is 76.2 Å². The number of aromatic nitrogens is 4. The van der Waals surface area contributed by atoms with Crippen molar-refractivity contribution in [2.75, 3.05) is 0 Å². The fourth-order valence-corrected chi connectivity index (χ4v) is 3.84. The molecular formula is C21H18F2N4O2S. The van der Waals surface area contributed by atoms with Crippen molar-refractivity contribution >= 4 is 22.7 Å². The van der Waals surface area contributed by atoms with Crippen LogP contribution in [0.1, 0.15) is 31.5 Å². The molecule has 0 saturated carbocycles. The number of hydrogen-bond acceptors (Lipinski definition) is 6. The molecule has 0 radical (unpaired) electrons. The van der Waals surface area contributed by atoms with Crippen molar-refractivity contribution in [1.29, 1.82) is 0 Å². The zero-order valence-electron chi connectivity index (χ0n) is 16.1. The van der Waals surface area contributed by atoms with Crippen LogP contribution in [0.2, 0.25) is 0 Å². The lowest BCUT2D eigenvalue weighted by Crippen LogP contribution is -2.22. The second-order valence-corrected chi connectivity index (χ2v) is 7.59. The topological polar surface area (TPSA) is 73.8 Å². The molecule has 0 aliphatic carbocycles. The van der Waals surface area contributed by atoms with Gasteiger partial charge < -0.3 is 4.52 Å². The molecule has 0 aliphatic heterocycles. The molecule has 2 aromatic heterocycles. The van der Waals surface area contributed by atoms with Gasteiger partial charge in [-0.15, -0.1) is 0 Å². The number of para-hydroxylation sites is 1. The van der Waals surface area contributed by atoms with Crippen LogP contribution in [0.3, 0.4) is 0 Å². The average molecular weight is 428 g/mol. The molecule has 2 heterocycles. The van der Waals surface area contributed by atoms with Crippen molar-refractivity contribution < 1.29 is 13.3 Å². The largest absolute Gasteiger partial charge is 0.339 e. The van der Waals surface area contributed by atoms with Gasteiger partial charge in [-0.05, 0) is 30.7 Å². The maximum Gasteiger partial charge on any atom is 0.266 e. The summed E-state index contributed by atoms with van der Waals surface area (Å²) in [6, 6.07) is 9.88. The summed E-state index contributed by atoms with van der Waals surface area (Å²) >= 11 is 1.18. The molecule has 0 unspecified atom stereocenters. The molecule has 4 rings (SSSR count). The van der Waals surface area contributed by atoms with Crippen LogP contribution in [0.15, 0.2) is 56.9 Å². The number of halogens is 2. The van der Waals surface area contributed by atoms with Crippen molar-refractivity contribution in [2.24, 2.45) is 0 Å². The predicted molar refractivity (Wildman–Crippen MR) is 110 cm³/mol. The lowest BCUT2D eigenvalue weighted by molar-refractivity contribution is 0.371. The van der Waals surface area contributed by atoms with Crippen LogP contribution in [0.25, 0.3) is 16.6 Å². The summed E-state index contributed by atoms with van der Waals surface area (Å²) in [6.45, 7) is 2.08. The van der Waals surface area contributed by atoms with Gasteiger partial charge in [-0.1, -0.05) is 42.4 Å². The van der Waals surface area contributed by atoms with E-state index in [2.05, 4.69) is 22.0 Å². The molecular weight excluding hydrogens is 410 g/mol.